The number of ether oxygens (including phenoxy) is 1. The van der Waals surface area contributed by atoms with Crippen molar-refractivity contribution in [1.29, 1.82) is 0 Å². The number of hydrogen-bond acceptors (Lipinski definition) is 1. The Morgan fingerprint density at radius 2 is 1.58 bits per heavy atom. The highest BCUT2D eigenvalue weighted by Crippen LogP contribution is 2.37. The Morgan fingerprint density at radius 3 is 2.21 bits per heavy atom. The molecule has 100 valence electrons. The number of alkyl halides is 2. The van der Waals surface area contributed by atoms with Gasteiger partial charge in [-0.3, -0.25) is 0 Å². The van der Waals surface area contributed by atoms with Gasteiger partial charge in [0.2, 0.25) is 0 Å². The Bertz CT molecular complexity index is 602. The average Bonchev–Trinajstić information content (AvgIpc) is 2.31. The third-order valence-electron chi connectivity index (χ3n) is 2.38. The summed E-state index contributed by atoms with van der Waals surface area (Å²) in [6, 6.07) is 9.10. The molecule has 0 saturated carbocycles. The standard InChI is InChI=1S/C13H7Cl3F2O/c14-7-1-3-9(12(16)5-7)10-6-8(19-13(17)18)2-4-11(10)15/h1-6,13H. The molecule has 0 aliphatic carbocycles. The predicted molar refractivity (Wildman–Crippen MR) is 73.5 cm³/mol. The van der Waals surface area contributed by atoms with Crippen molar-refractivity contribution in [1.82, 2.24) is 0 Å². The molecule has 0 heterocycles. The van der Waals surface area contributed by atoms with E-state index in [4.69, 9.17) is 34.8 Å². The van der Waals surface area contributed by atoms with Gasteiger partial charge in [0.15, 0.2) is 0 Å². The molecule has 0 atom stereocenters. The molecule has 0 aromatic heterocycles. The van der Waals surface area contributed by atoms with Crippen molar-refractivity contribution in [2.45, 2.75) is 6.61 Å². The van der Waals surface area contributed by atoms with Crippen LogP contribution in [0.25, 0.3) is 11.1 Å². The van der Waals surface area contributed by atoms with Gasteiger partial charge in [0.1, 0.15) is 5.75 Å². The van der Waals surface area contributed by atoms with Gasteiger partial charge in [-0.25, -0.2) is 0 Å². The lowest BCUT2D eigenvalue weighted by Crippen LogP contribution is -2.01. The summed E-state index contributed by atoms with van der Waals surface area (Å²) in [6.45, 7) is -2.89. The van der Waals surface area contributed by atoms with Crippen LogP contribution in [0.1, 0.15) is 0 Å². The van der Waals surface area contributed by atoms with Crippen LogP contribution in [0.15, 0.2) is 36.4 Å². The van der Waals surface area contributed by atoms with Gasteiger partial charge in [-0.1, -0.05) is 40.9 Å². The van der Waals surface area contributed by atoms with Crippen molar-refractivity contribution < 1.29 is 13.5 Å². The highest BCUT2D eigenvalue weighted by Gasteiger charge is 2.11. The maximum Gasteiger partial charge on any atom is 0.387 e. The van der Waals surface area contributed by atoms with Crippen molar-refractivity contribution in [3.05, 3.63) is 51.5 Å². The molecule has 0 radical (unpaired) electrons. The van der Waals surface area contributed by atoms with Crippen molar-refractivity contribution in [2.75, 3.05) is 0 Å². The van der Waals surface area contributed by atoms with Gasteiger partial charge in [0.05, 0.1) is 0 Å². The summed E-state index contributed by atoms with van der Waals surface area (Å²) in [5, 5.41) is 1.24. The quantitative estimate of drug-likeness (QED) is 0.681. The second-order valence-corrected chi connectivity index (χ2v) is 4.90. The number of halogens is 5. The molecular formula is C13H7Cl3F2O. The number of hydrogen-bond donors (Lipinski definition) is 0. The van der Waals surface area contributed by atoms with Crippen LogP contribution in [0, 0.1) is 0 Å². The summed E-state index contributed by atoms with van der Waals surface area (Å²) in [5.74, 6) is 0.0143. The molecule has 0 aliphatic heterocycles. The van der Waals surface area contributed by atoms with E-state index < -0.39 is 6.61 Å². The second-order valence-electron chi connectivity index (χ2n) is 3.64. The normalized spacial score (nSPS) is 10.8. The molecule has 0 amide bonds. The molecule has 2 aromatic carbocycles. The van der Waals surface area contributed by atoms with E-state index in [-0.39, 0.29) is 5.75 Å². The van der Waals surface area contributed by atoms with Gasteiger partial charge in [0.25, 0.3) is 0 Å². The minimum absolute atomic E-state index is 0.0143. The summed E-state index contributed by atoms with van der Waals surface area (Å²) >= 11 is 17.9. The molecule has 0 aliphatic rings. The summed E-state index contributed by atoms with van der Waals surface area (Å²) in [7, 11) is 0. The number of rotatable bonds is 3. The highest BCUT2D eigenvalue weighted by molar-refractivity contribution is 6.38. The van der Waals surface area contributed by atoms with Crippen LogP contribution in [0.2, 0.25) is 15.1 Å². The van der Waals surface area contributed by atoms with Gasteiger partial charge < -0.3 is 4.74 Å². The third kappa shape index (κ3) is 3.50. The first-order chi connectivity index (χ1) is 8.97. The predicted octanol–water partition coefficient (Wildman–Crippen LogP) is 5.92. The lowest BCUT2D eigenvalue weighted by Gasteiger charge is -2.10. The molecule has 2 aromatic rings. The lowest BCUT2D eigenvalue weighted by molar-refractivity contribution is -0.0498. The number of benzene rings is 2. The summed E-state index contributed by atoms with van der Waals surface area (Å²) in [5.41, 5.74) is 1.09. The zero-order valence-electron chi connectivity index (χ0n) is 9.34. The van der Waals surface area contributed by atoms with Gasteiger partial charge in [-0.2, -0.15) is 8.78 Å². The Labute approximate surface area is 123 Å². The van der Waals surface area contributed by atoms with Gasteiger partial charge >= 0.3 is 6.61 Å². The summed E-state index contributed by atoms with van der Waals surface area (Å²) < 4.78 is 28.7. The van der Waals surface area contributed by atoms with Crippen LogP contribution in [-0.4, -0.2) is 6.61 Å². The van der Waals surface area contributed by atoms with Crippen molar-refractivity contribution in [3.8, 4) is 16.9 Å². The first-order valence-electron chi connectivity index (χ1n) is 5.17. The molecule has 2 rings (SSSR count). The Hall–Kier alpha value is -1.03. The van der Waals surface area contributed by atoms with Crippen molar-refractivity contribution in [3.63, 3.8) is 0 Å². The molecule has 0 N–H and O–H groups in total. The van der Waals surface area contributed by atoms with Gasteiger partial charge in [-0.05, 0) is 30.3 Å². The topological polar surface area (TPSA) is 9.23 Å². The Morgan fingerprint density at radius 1 is 0.842 bits per heavy atom. The van der Waals surface area contributed by atoms with E-state index in [1.54, 1.807) is 18.2 Å². The minimum Gasteiger partial charge on any atom is -0.435 e. The van der Waals surface area contributed by atoms with Crippen LogP contribution in [0.5, 0.6) is 5.75 Å². The third-order valence-corrected chi connectivity index (χ3v) is 3.26. The largest absolute Gasteiger partial charge is 0.435 e. The van der Waals surface area contributed by atoms with E-state index in [2.05, 4.69) is 4.74 Å². The molecule has 0 saturated heterocycles. The molecule has 0 bridgehead atoms. The first kappa shape index (κ1) is 14.4. The Balaban J connectivity index is 2.48. The summed E-state index contributed by atoms with van der Waals surface area (Å²) in [4.78, 5) is 0. The molecule has 19 heavy (non-hydrogen) atoms. The molecule has 0 fully saturated rings. The fraction of sp³-hybridized carbons (Fsp3) is 0.0769. The SMILES string of the molecule is FC(F)Oc1ccc(Cl)c(-c2ccc(Cl)cc2Cl)c1. The van der Waals surface area contributed by atoms with E-state index in [0.717, 1.165) is 0 Å². The highest BCUT2D eigenvalue weighted by atomic mass is 35.5. The van der Waals surface area contributed by atoms with E-state index >= 15 is 0 Å². The smallest absolute Gasteiger partial charge is 0.387 e. The van der Waals surface area contributed by atoms with E-state index in [9.17, 15) is 8.78 Å². The Kier molecular flexibility index (Phi) is 4.50. The second kappa shape index (κ2) is 5.95. The fourth-order valence-electron chi connectivity index (χ4n) is 1.59. The maximum absolute atomic E-state index is 12.2. The molecular weight excluding hydrogens is 316 g/mol. The van der Waals surface area contributed by atoms with E-state index in [1.807, 2.05) is 0 Å². The van der Waals surface area contributed by atoms with Crippen molar-refractivity contribution >= 4 is 34.8 Å². The molecule has 1 nitrogen and oxygen atoms in total. The first-order valence-corrected chi connectivity index (χ1v) is 6.30. The molecule has 0 unspecified atom stereocenters. The zero-order chi connectivity index (χ0) is 14.0. The van der Waals surface area contributed by atoms with Crippen LogP contribution >= 0.6 is 34.8 Å². The van der Waals surface area contributed by atoms with E-state index in [1.165, 1.54) is 18.2 Å². The minimum atomic E-state index is -2.89. The maximum atomic E-state index is 12.2. The molecule has 0 spiro atoms. The van der Waals surface area contributed by atoms with Gasteiger partial charge in [-0.15, -0.1) is 0 Å². The van der Waals surface area contributed by atoms with Crippen LogP contribution < -0.4 is 4.74 Å². The van der Waals surface area contributed by atoms with E-state index in [0.29, 0.717) is 26.2 Å². The van der Waals surface area contributed by atoms with Crippen LogP contribution in [-0.2, 0) is 0 Å². The monoisotopic (exact) mass is 322 g/mol. The zero-order valence-corrected chi connectivity index (χ0v) is 11.6. The van der Waals surface area contributed by atoms with Crippen molar-refractivity contribution in [2.24, 2.45) is 0 Å². The summed E-state index contributed by atoms with van der Waals surface area (Å²) in [6.07, 6.45) is 0. The fourth-order valence-corrected chi connectivity index (χ4v) is 2.32. The van der Waals surface area contributed by atoms with Crippen LogP contribution in [0.3, 0.4) is 0 Å². The van der Waals surface area contributed by atoms with Gasteiger partial charge in [0, 0.05) is 26.2 Å². The lowest BCUT2D eigenvalue weighted by atomic mass is 10.1. The average molecular weight is 324 g/mol. The molecule has 6 heteroatoms. The van der Waals surface area contributed by atoms with Crippen LogP contribution in [0.4, 0.5) is 8.78 Å².